The minimum Gasteiger partial charge on any atom is -0.327 e. The maximum absolute atomic E-state index is 6.26. The van der Waals surface area contributed by atoms with E-state index in [-0.39, 0.29) is 0 Å². The number of likely N-dealkylation sites (tertiary alicyclic amines) is 2. The molecule has 3 fully saturated rings. The van der Waals surface area contributed by atoms with Crippen LogP contribution in [0.2, 0.25) is 0 Å². The van der Waals surface area contributed by atoms with Crippen LogP contribution in [-0.4, -0.2) is 55.1 Å². The van der Waals surface area contributed by atoms with E-state index in [4.69, 9.17) is 5.73 Å². The molecular formula is C14H27N3. The Kier molecular flexibility index (Phi) is 3.69. The predicted octanol–water partition coefficient (Wildman–Crippen LogP) is 1.14. The van der Waals surface area contributed by atoms with Gasteiger partial charge in [0.25, 0.3) is 0 Å². The number of rotatable bonds is 3. The molecule has 1 saturated carbocycles. The normalized spacial score (nSPS) is 39.7. The summed E-state index contributed by atoms with van der Waals surface area (Å²) in [6.45, 7) is 7.83. The summed E-state index contributed by atoms with van der Waals surface area (Å²) in [7, 11) is 0. The topological polar surface area (TPSA) is 32.5 Å². The van der Waals surface area contributed by atoms with E-state index < -0.39 is 0 Å². The van der Waals surface area contributed by atoms with Crippen LogP contribution in [0.3, 0.4) is 0 Å². The highest BCUT2D eigenvalue weighted by molar-refractivity contribution is 4.93. The monoisotopic (exact) mass is 237 g/mol. The van der Waals surface area contributed by atoms with Crippen LogP contribution in [0.15, 0.2) is 0 Å². The van der Waals surface area contributed by atoms with Crippen molar-refractivity contribution in [3.8, 4) is 0 Å². The average Bonchev–Trinajstić information content (AvgIpc) is 2.95. The maximum Gasteiger partial charge on any atom is 0.0110 e. The number of nitrogens with zero attached hydrogens (tertiary/aromatic N) is 2. The highest BCUT2D eigenvalue weighted by Gasteiger charge is 2.38. The Balaban J connectivity index is 1.46. The summed E-state index contributed by atoms with van der Waals surface area (Å²) >= 11 is 0. The summed E-state index contributed by atoms with van der Waals surface area (Å²) in [6, 6.07) is 0.491. The molecule has 2 saturated heterocycles. The SMILES string of the molecule is NC1CCCC2CN(CCN3CCCC3)CC12. The Morgan fingerprint density at radius 1 is 0.882 bits per heavy atom. The Morgan fingerprint density at radius 3 is 2.41 bits per heavy atom. The lowest BCUT2D eigenvalue weighted by Crippen LogP contribution is -2.38. The molecule has 3 unspecified atom stereocenters. The molecule has 3 heteroatoms. The van der Waals surface area contributed by atoms with Crippen molar-refractivity contribution >= 4 is 0 Å². The third kappa shape index (κ3) is 2.67. The van der Waals surface area contributed by atoms with Gasteiger partial charge in [0.05, 0.1) is 0 Å². The van der Waals surface area contributed by atoms with Gasteiger partial charge in [-0.3, -0.25) is 0 Å². The summed E-state index contributed by atoms with van der Waals surface area (Å²) < 4.78 is 0. The minimum absolute atomic E-state index is 0.491. The van der Waals surface area contributed by atoms with Gasteiger partial charge in [0.2, 0.25) is 0 Å². The zero-order chi connectivity index (χ0) is 11.7. The van der Waals surface area contributed by atoms with E-state index in [9.17, 15) is 0 Å². The van der Waals surface area contributed by atoms with Gasteiger partial charge >= 0.3 is 0 Å². The first-order valence-corrected chi connectivity index (χ1v) is 7.53. The molecule has 0 aromatic heterocycles. The van der Waals surface area contributed by atoms with Crippen LogP contribution in [0.25, 0.3) is 0 Å². The number of hydrogen-bond acceptors (Lipinski definition) is 3. The molecule has 0 bridgehead atoms. The molecule has 0 aromatic rings. The van der Waals surface area contributed by atoms with Crippen LogP contribution in [-0.2, 0) is 0 Å². The zero-order valence-corrected chi connectivity index (χ0v) is 11.0. The summed E-state index contributed by atoms with van der Waals surface area (Å²) in [5.41, 5.74) is 6.26. The van der Waals surface area contributed by atoms with Crippen LogP contribution in [0, 0.1) is 11.8 Å². The van der Waals surface area contributed by atoms with E-state index in [1.807, 2.05) is 0 Å². The van der Waals surface area contributed by atoms with Gasteiger partial charge in [-0.05, 0) is 50.6 Å². The predicted molar refractivity (Wildman–Crippen MR) is 70.9 cm³/mol. The fourth-order valence-corrected chi connectivity index (χ4v) is 4.08. The first-order chi connectivity index (χ1) is 8.33. The molecule has 2 N–H and O–H groups in total. The van der Waals surface area contributed by atoms with Crippen molar-refractivity contribution in [2.24, 2.45) is 17.6 Å². The lowest BCUT2D eigenvalue weighted by Gasteiger charge is -2.29. The molecule has 0 radical (unpaired) electrons. The van der Waals surface area contributed by atoms with Crippen molar-refractivity contribution in [2.45, 2.75) is 38.1 Å². The van der Waals surface area contributed by atoms with E-state index in [1.165, 1.54) is 71.4 Å². The molecule has 0 aromatic carbocycles. The van der Waals surface area contributed by atoms with Crippen LogP contribution < -0.4 is 5.73 Å². The second kappa shape index (κ2) is 5.25. The molecule has 2 heterocycles. The standard InChI is InChI=1S/C14H27N3/c15-14-5-3-4-12-10-17(11-13(12)14)9-8-16-6-1-2-7-16/h12-14H,1-11,15H2. The zero-order valence-electron chi connectivity index (χ0n) is 11.0. The van der Waals surface area contributed by atoms with Crippen molar-refractivity contribution in [3.05, 3.63) is 0 Å². The summed E-state index contributed by atoms with van der Waals surface area (Å²) in [6.07, 6.45) is 6.88. The summed E-state index contributed by atoms with van der Waals surface area (Å²) in [4.78, 5) is 5.31. The summed E-state index contributed by atoms with van der Waals surface area (Å²) in [5, 5.41) is 0. The van der Waals surface area contributed by atoms with E-state index in [2.05, 4.69) is 9.80 Å². The molecule has 1 aliphatic carbocycles. The Labute approximate surface area is 105 Å². The lowest BCUT2D eigenvalue weighted by molar-refractivity contribution is 0.247. The maximum atomic E-state index is 6.26. The number of nitrogens with two attached hydrogens (primary N) is 1. The third-order valence-corrected chi connectivity index (χ3v) is 5.16. The highest BCUT2D eigenvalue weighted by atomic mass is 15.2. The van der Waals surface area contributed by atoms with Gasteiger partial charge in [-0.15, -0.1) is 0 Å². The smallest absolute Gasteiger partial charge is 0.0110 e. The van der Waals surface area contributed by atoms with Gasteiger partial charge in [-0.2, -0.15) is 0 Å². The lowest BCUT2D eigenvalue weighted by atomic mass is 9.78. The van der Waals surface area contributed by atoms with Crippen LogP contribution in [0.1, 0.15) is 32.1 Å². The highest BCUT2D eigenvalue weighted by Crippen LogP contribution is 2.35. The van der Waals surface area contributed by atoms with Gasteiger partial charge in [0, 0.05) is 32.2 Å². The van der Waals surface area contributed by atoms with Crippen LogP contribution in [0.4, 0.5) is 0 Å². The van der Waals surface area contributed by atoms with Gasteiger partial charge in [0.15, 0.2) is 0 Å². The fourth-order valence-electron chi connectivity index (χ4n) is 4.08. The molecule has 2 aliphatic heterocycles. The molecule has 3 aliphatic rings. The van der Waals surface area contributed by atoms with E-state index >= 15 is 0 Å². The number of hydrogen-bond donors (Lipinski definition) is 1. The van der Waals surface area contributed by atoms with E-state index in [0.29, 0.717) is 6.04 Å². The fraction of sp³-hybridized carbons (Fsp3) is 1.00. The van der Waals surface area contributed by atoms with Crippen molar-refractivity contribution in [3.63, 3.8) is 0 Å². The Hall–Kier alpha value is -0.120. The average molecular weight is 237 g/mol. The van der Waals surface area contributed by atoms with Gasteiger partial charge in [-0.25, -0.2) is 0 Å². The molecular weight excluding hydrogens is 210 g/mol. The Bertz CT molecular complexity index is 250. The van der Waals surface area contributed by atoms with Crippen molar-refractivity contribution in [2.75, 3.05) is 39.3 Å². The van der Waals surface area contributed by atoms with Crippen LogP contribution >= 0.6 is 0 Å². The molecule has 3 rings (SSSR count). The van der Waals surface area contributed by atoms with Crippen molar-refractivity contribution < 1.29 is 0 Å². The third-order valence-electron chi connectivity index (χ3n) is 5.16. The molecule has 3 atom stereocenters. The van der Waals surface area contributed by atoms with Crippen molar-refractivity contribution in [1.29, 1.82) is 0 Å². The molecule has 0 amide bonds. The molecule has 3 nitrogen and oxygen atoms in total. The second-order valence-corrected chi connectivity index (χ2v) is 6.33. The molecule has 98 valence electrons. The van der Waals surface area contributed by atoms with Gasteiger partial charge < -0.3 is 15.5 Å². The Morgan fingerprint density at radius 2 is 1.65 bits per heavy atom. The first kappa shape index (κ1) is 11.9. The minimum atomic E-state index is 0.491. The first-order valence-electron chi connectivity index (χ1n) is 7.53. The van der Waals surface area contributed by atoms with Gasteiger partial charge in [-0.1, -0.05) is 6.42 Å². The molecule has 0 spiro atoms. The van der Waals surface area contributed by atoms with E-state index in [0.717, 1.165) is 11.8 Å². The largest absolute Gasteiger partial charge is 0.327 e. The quantitative estimate of drug-likeness (QED) is 0.799. The summed E-state index contributed by atoms with van der Waals surface area (Å²) in [5.74, 6) is 1.72. The second-order valence-electron chi connectivity index (χ2n) is 6.33. The number of fused-ring (bicyclic) bond motifs is 1. The van der Waals surface area contributed by atoms with Crippen molar-refractivity contribution in [1.82, 2.24) is 9.80 Å². The van der Waals surface area contributed by atoms with E-state index in [1.54, 1.807) is 0 Å². The van der Waals surface area contributed by atoms with Crippen LogP contribution in [0.5, 0.6) is 0 Å². The van der Waals surface area contributed by atoms with Gasteiger partial charge in [0.1, 0.15) is 0 Å². The molecule has 17 heavy (non-hydrogen) atoms.